The normalized spacial score (nSPS) is 11.4. The van der Waals surface area contributed by atoms with E-state index in [2.05, 4.69) is 0 Å². The van der Waals surface area contributed by atoms with Gasteiger partial charge in [0.25, 0.3) is 0 Å². The van der Waals surface area contributed by atoms with Crippen LogP contribution in [0, 0.1) is 0 Å². The molecule has 0 aliphatic rings. The first kappa shape index (κ1) is 20.1. The van der Waals surface area contributed by atoms with Crippen molar-refractivity contribution < 1.29 is 19.8 Å². The van der Waals surface area contributed by atoms with Crippen LogP contribution in [0.2, 0.25) is 0 Å². The third-order valence-electron chi connectivity index (χ3n) is 5.20. The van der Waals surface area contributed by atoms with Gasteiger partial charge in [-0.05, 0) is 50.7 Å². The number of hydrogen-bond donors (Lipinski definition) is 2. The minimum atomic E-state index is -0.999. The quantitative estimate of drug-likeness (QED) is 0.398. The van der Waals surface area contributed by atoms with Gasteiger partial charge in [0.2, 0.25) is 0 Å². The fourth-order valence-corrected chi connectivity index (χ4v) is 3.83. The number of aliphatic carboxylic acids is 1. The first-order chi connectivity index (χ1) is 15.0. The molecule has 4 rings (SSSR count). The Morgan fingerprint density at radius 3 is 1.94 bits per heavy atom. The van der Waals surface area contributed by atoms with E-state index in [1.54, 1.807) is 18.2 Å². The van der Waals surface area contributed by atoms with Gasteiger partial charge in [-0.2, -0.15) is 0 Å². The molecule has 0 saturated heterocycles. The van der Waals surface area contributed by atoms with E-state index in [9.17, 15) is 19.8 Å². The molecule has 4 heteroatoms. The van der Waals surface area contributed by atoms with Crippen molar-refractivity contribution in [2.24, 2.45) is 0 Å². The Balaban J connectivity index is 2.02. The number of hydrogen-bond acceptors (Lipinski definition) is 2. The second-order valence-electron chi connectivity index (χ2n) is 7.21. The van der Waals surface area contributed by atoms with Gasteiger partial charge in [0, 0.05) is 0 Å². The van der Waals surface area contributed by atoms with Crippen molar-refractivity contribution in [1.82, 2.24) is 0 Å². The second kappa shape index (κ2) is 8.67. The molecule has 0 aliphatic carbocycles. The largest absolute Gasteiger partial charge is 0.481 e. The van der Waals surface area contributed by atoms with Gasteiger partial charge in [0.1, 0.15) is 0 Å². The molecule has 0 bridgehead atoms. The SMILES string of the molecule is O=C(O)Cc1ccc(/C(=C\c2ccccc2)c2ccccc2C(=O)O)c2ccccc12. The highest BCUT2D eigenvalue weighted by Crippen LogP contribution is 2.35. The Morgan fingerprint density at radius 1 is 0.645 bits per heavy atom. The van der Waals surface area contributed by atoms with Crippen LogP contribution >= 0.6 is 0 Å². The number of aromatic carboxylic acids is 1. The Bertz CT molecular complexity index is 1300. The number of carboxylic acids is 2. The van der Waals surface area contributed by atoms with Crippen LogP contribution in [0.1, 0.15) is 32.6 Å². The lowest BCUT2D eigenvalue weighted by Gasteiger charge is -2.16. The highest BCUT2D eigenvalue weighted by molar-refractivity contribution is 6.07. The molecule has 0 spiro atoms. The fourth-order valence-electron chi connectivity index (χ4n) is 3.83. The highest BCUT2D eigenvalue weighted by Gasteiger charge is 2.18. The van der Waals surface area contributed by atoms with Gasteiger partial charge in [-0.15, -0.1) is 0 Å². The third-order valence-corrected chi connectivity index (χ3v) is 5.20. The van der Waals surface area contributed by atoms with Crippen molar-refractivity contribution in [3.8, 4) is 0 Å². The molecule has 0 radical (unpaired) electrons. The molecule has 0 fully saturated rings. The van der Waals surface area contributed by atoms with E-state index in [0.29, 0.717) is 5.56 Å². The molecule has 2 N–H and O–H groups in total. The lowest BCUT2D eigenvalue weighted by atomic mass is 9.87. The first-order valence-electron chi connectivity index (χ1n) is 9.87. The number of benzene rings is 4. The van der Waals surface area contributed by atoms with Crippen LogP contribution in [0.15, 0.2) is 91.0 Å². The zero-order valence-corrected chi connectivity index (χ0v) is 16.7. The maximum absolute atomic E-state index is 12.0. The van der Waals surface area contributed by atoms with Crippen LogP contribution in [0.5, 0.6) is 0 Å². The zero-order valence-electron chi connectivity index (χ0n) is 16.7. The fraction of sp³-hybridized carbons (Fsp3) is 0.0370. The lowest BCUT2D eigenvalue weighted by Crippen LogP contribution is -2.04. The van der Waals surface area contributed by atoms with Crippen molar-refractivity contribution in [2.75, 3.05) is 0 Å². The van der Waals surface area contributed by atoms with Gasteiger partial charge in [0.15, 0.2) is 0 Å². The average Bonchev–Trinajstić information content (AvgIpc) is 2.78. The van der Waals surface area contributed by atoms with Crippen molar-refractivity contribution >= 4 is 34.4 Å². The topological polar surface area (TPSA) is 74.6 Å². The molecule has 0 atom stereocenters. The molecule has 0 saturated carbocycles. The molecular formula is C27H20O4. The van der Waals surface area contributed by atoms with Crippen LogP contribution in [-0.4, -0.2) is 22.2 Å². The smallest absolute Gasteiger partial charge is 0.336 e. The molecule has 0 amide bonds. The second-order valence-corrected chi connectivity index (χ2v) is 7.21. The monoisotopic (exact) mass is 408 g/mol. The van der Waals surface area contributed by atoms with Crippen molar-refractivity contribution in [3.63, 3.8) is 0 Å². The maximum atomic E-state index is 12.0. The minimum Gasteiger partial charge on any atom is -0.481 e. The summed E-state index contributed by atoms with van der Waals surface area (Å²) in [5.41, 5.74) is 4.09. The van der Waals surface area contributed by atoms with Crippen molar-refractivity contribution in [1.29, 1.82) is 0 Å². The zero-order chi connectivity index (χ0) is 21.8. The van der Waals surface area contributed by atoms with Gasteiger partial charge in [-0.1, -0.05) is 84.9 Å². The molecular weight excluding hydrogens is 388 g/mol. The van der Waals surface area contributed by atoms with E-state index in [1.165, 1.54) is 0 Å². The Kier molecular flexibility index (Phi) is 5.63. The van der Waals surface area contributed by atoms with E-state index >= 15 is 0 Å². The standard InChI is InChI=1S/C27H20O4/c28-26(29)17-19-14-15-23(21-11-5-4-10-20(19)21)25(16-18-8-2-1-3-9-18)22-12-6-7-13-24(22)27(30)31/h1-16H,17H2,(H,28,29)(H,30,31)/b25-16-. The molecule has 152 valence electrons. The number of carbonyl (C=O) groups is 2. The van der Waals surface area contributed by atoms with E-state index in [0.717, 1.165) is 33.0 Å². The van der Waals surface area contributed by atoms with Gasteiger partial charge >= 0.3 is 11.9 Å². The number of carboxylic acid groups (broad SMARTS) is 2. The summed E-state index contributed by atoms with van der Waals surface area (Å²) in [4.78, 5) is 23.3. The minimum absolute atomic E-state index is 0.0791. The van der Waals surface area contributed by atoms with E-state index in [4.69, 9.17) is 0 Å². The van der Waals surface area contributed by atoms with Gasteiger partial charge in [-0.25, -0.2) is 4.79 Å². The molecule has 0 aromatic heterocycles. The summed E-state index contributed by atoms with van der Waals surface area (Å²) in [5.74, 6) is -1.89. The Labute approximate surface area is 179 Å². The molecule has 0 heterocycles. The van der Waals surface area contributed by atoms with Crippen LogP contribution < -0.4 is 0 Å². The molecule has 0 aliphatic heterocycles. The number of fused-ring (bicyclic) bond motifs is 1. The lowest BCUT2D eigenvalue weighted by molar-refractivity contribution is -0.136. The molecule has 4 nitrogen and oxygen atoms in total. The molecule has 0 unspecified atom stereocenters. The summed E-state index contributed by atoms with van der Waals surface area (Å²) >= 11 is 0. The summed E-state index contributed by atoms with van der Waals surface area (Å²) in [7, 11) is 0. The molecule has 31 heavy (non-hydrogen) atoms. The van der Waals surface area contributed by atoms with Crippen LogP contribution in [-0.2, 0) is 11.2 Å². The van der Waals surface area contributed by atoms with Crippen molar-refractivity contribution in [2.45, 2.75) is 6.42 Å². The van der Waals surface area contributed by atoms with Crippen LogP contribution in [0.3, 0.4) is 0 Å². The average molecular weight is 408 g/mol. The summed E-state index contributed by atoms with van der Waals surface area (Å²) in [6, 6.07) is 28.0. The van der Waals surface area contributed by atoms with E-state index in [1.807, 2.05) is 78.9 Å². The Morgan fingerprint density at radius 2 is 1.26 bits per heavy atom. The highest BCUT2D eigenvalue weighted by atomic mass is 16.4. The Hall–Kier alpha value is -4.18. The molecule has 4 aromatic carbocycles. The van der Waals surface area contributed by atoms with Crippen LogP contribution in [0.25, 0.3) is 22.4 Å². The van der Waals surface area contributed by atoms with E-state index in [-0.39, 0.29) is 12.0 Å². The first-order valence-corrected chi connectivity index (χ1v) is 9.87. The van der Waals surface area contributed by atoms with Gasteiger partial charge in [-0.3, -0.25) is 4.79 Å². The summed E-state index contributed by atoms with van der Waals surface area (Å²) in [5, 5.41) is 20.8. The van der Waals surface area contributed by atoms with Gasteiger partial charge in [0.05, 0.1) is 12.0 Å². The number of rotatable bonds is 6. The molecule has 4 aromatic rings. The van der Waals surface area contributed by atoms with Crippen molar-refractivity contribution in [3.05, 3.63) is 119 Å². The summed E-state index contributed by atoms with van der Waals surface area (Å²) in [6.45, 7) is 0. The van der Waals surface area contributed by atoms with Gasteiger partial charge < -0.3 is 10.2 Å². The maximum Gasteiger partial charge on any atom is 0.336 e. The summed E-state index contributed by atoms with van der Waals surface area (Å²) < 4.78 is 0. The predicted octanol–water partition coefficient (Wildman–Crippen LogP) is 5.75. The summed E-state index contributed by atoms with van der Waals surface area (Å²) in [6.07, 6.45) is 1.89. The van der Waals surface area contributed by atoms with Crippen LogP contribution in [0.4, 0.5) is 0 Å². The predicted molar refractivity (Wildman–Crippen MR) is 122 cm³/mol. The van der Waals surface area contributed by atoms with E-state index < -0.39 is 11.9 Å². The third kappa shape index (κ3) is 4.23.